The van der Waals surface area contributed by atoms with Gasteiger partial charge in [-0.15, -0.1) is 0 Å². The van der Waals surface area contributed by atoms with Crippen LogP contribution in [0.2, 0.25) is 0 Å². The fraction of sp³-hybridized carbons (Fsp3) is 0.312. The van der Waals surface area contributed by atoms with Crippen LogP contribution in [0.15, 0.2) is 48.7 Å². The van der Waals surface area contributed by atoms with Crippen molar-refractivity contribution in [2.24, 2.45) is 0 Å². The van der Waals surface area contributed by atoms with Crippen molar-refractivity contribution < 1.29 is 5.11 Å². The SMILES string of the molecule is Cc1ccc(C(O)C(C)NCc2ccccn2)cc1. The first-order valence-corrected chi connectivity index (χ1v) is 6.55. The fourth-order valence-electron chi connectivity index (χ4n) is 1.93. The monoisotopic (exact) mass is 256 g/mol. The van der Waals surface area contributed by atoms with Gasteiger partial charge in [-0.2, -0.15) is 0 Å². The Morgan fingerprint density at radius 1 is 1.16 bits per heavy atom. The summed E-state index contributed by atoms with van der Waals surface area (Å²) in [4.78, 5) is 4.25. The van der Waals surface area contributed by atoms with E-state index in [1.165, 1.54) is 5.56 Å². The lowest BCUT2D eigenvalue weighted by Gasteiger charge is -2.20. The van der Waals surface area contributed by atoms with E-state index in [4.69, 9.17) is 0 Å². The zero-order chi connectivity index (χ0) is 13.7. The molecule has 100 valence electrons. The second-order valence-corrected chi connectivity index (χ2v) is 4.85. The van der Waals surface area contributed by atoms with Gasteiger partial charge in [0.2, 0.25) is 0 Å². The number of pyridine rings is 1. The highest BCUT2D eigenvalue weighted by atomic mass is 16.3. The molecular weight excluding hydrogens is 236 g/mol. The van der Waals surface area contributed by atoms with Gasteiger partial charge < -0.3 is 10.4 Å². The summed E-state index contributed by atoms with van der Waals surface area (Å²) in [5.74, 6) is 0. The average Bonchev–Trinajstić information content (AvgIpc) is 2.46. The predicted molar refractivity (Wildman–Crippen MR) is 76.7 cm³/mol. The lowest BCUT2D eigenvalue weighted by molar-refractivity contribution is 0.135. The molecule has 0 radical (unpaired) electrons. The first kappa shape index (κ1) is 13.7. The lowest BCUT2D eigenvalue weighted by Crippen LogP contribution is -2.31. The normalized spacial score (nSPS) is 14.1. The van der Waals surface area contributed by atoms with E-state index in [9.17, 15) is 5.11 Å². The number of rotatable bonds is 5. The Hall–Kier alpha value is -1.71. The van der Waals surface area contributed by atoms with Gasteiger partial charge in [-0.05, 0) is 31.5 Å². The van der Waals surface area contributed by atoms with Crippen molar-refractivity contribution in [3.05, 3.63) is 65.5 Å². The molecule has 1 heterocycles. The van der Waals surface area contributed by atoms with Crippen LogP contribution >= 0.6 is 0 Å². The summed E-state index contributed by atoms with van der Waals surface area (Å²) >= 11 is 0. The predicted octanol–water partition coefficient (Wildman–Crippen LogP) is 2.60. The summed E-state index contributed by atoms with van der Waals surface area (Å²) in [7, 11) is 0. The van der Waals surface area contributed by atoms with Gasteiger partial charge in [0.05, 0.1) is 11.8 Å². The first-order chi connectivity index (χ1) is 9.16. The summed E-state index contributed by atoms with van der Waals surface area (Å²) in [5.41, 5.74) is 3.11. The van der Waals surface area contributed by atoms with Crippen LogP contribution in [-0.4, -0.2) is 16.1 Å². The molecule has 2 atom stereocenters. The van der Waals surface area contributed by atoms with E-state index in [0.717, 1.165) is 11.3 Å². The third-order valence-electron chi connectivity index (χ3n) is 3.22. The molecule has 3 nitrogen and oxygen atoms in total. The van der Waals surface area contributed by atoms with Crippen LogP contribution in [0.5, 0.6) is 0 Å². The van der Waals surface area contributed by atoms with Crippen LogP contribution in [0.25, 0.3) is 0 Å². The number of aliphatic hydroxyl groups excluding tert-OH is 1. The van der Waals surface area contributed by atoms with Crippen molar-refractivity contribution in [2.75, 3.05) is 0 Å². The van der Waals surface area contributed by atoms with Crippen molar-refractivity contribution in [3.63, 3.8) is 0 Å². The number of aliphatic hydroxyl groups is 1. The second-order valence-electron chi connectivity index (χ2n) is 4.85. The quantitative estimate of drug-likeness (QED) is 0.864. The highest BCUT2D eigenvalue weighted by Gasteiger charge is 2.15. The molecule has 0 saturated heterocycles. The van der Waals surface area contributed by atoms with Crippen molar-refractivity contribution in [1.82, 2.24) is 10.3 Å². The Balaban J connectivity index is 1.92. The maximum atomic E-state index is 10.3. The highest BCUT2D eigenvalue weighted by molar-refractivity contribution is 5.24. The van der Waals surface area contributed by atoms with Gasteiger partial charge >= 0.3 is 0 Å². The minimum Gasteiger partial charge on any atom is -0.387 e. The molecule has 2 N–H and O–H groups in total. The standard InChI is InChI=1S/C16H20N2O/c1-12-6-8-14(9-7-12)16(19)13(2)18-11-15-5-3-4-10-17-15/h3-10,13,16,18-19H,11H2,1-2H3. The molecule has 1 aromatic heterocycles. The molecule has 0 fully saturated rings. The van der Waals surface area contributed by atoms with Gasteiger partial charge in [0.1, 0.15) is 0 Å². The van der Waals surface area contributed by atoms with Crippen molar-refractivity contribution in [1.29, 1.82) is 0 Å². The Morgan fingerprint density at radius 2 is 1.89 bits per heavy atom. The number of aryl methyl sites for hydroxylation is 1. The molecule has 0 aliphatic heterocycles. The van der Waals surface area contributed by atoms with Crippen molar-refractivity contribution >= 4 is 0 Å². The van der Waals surface area contributed by atoms with Gasteiger partial charge in [-0.25, -0.2) is 0 Å². The Labute approximate surface area is 114 Å². The molecule has 0 bridgehead atoms. The van der Waals surface area contributed by atoms with Gasteiger partial charge in [0.15, 0.2) is 0 Å². The number of nitrogens with zero attached hydrogens (tertiary/aromatic N) is 1. The summed E-state index contributed by atoms with van der Waals surface area (Å²) in [6.07, 6.45) is 1.27. The summed E-state index contributed by atoms with van der Waals surface area (Å²) in [6, 6.07) is 13.8. The molecule has 1 aromatic carbocycles. The molecule has 0 amide bonds. The number of benzene rings is 1. The molecule has 0 aliphatic rings. The molecule has 19 heavy (non-hydrogen) atoms. The van der Waals surface area contributed by atoms with E-state index < -0.39 is 6.10 Å². The van der Waals surface area contributed by atoms with E-state index in [0.29, 0.717) is 6.54 Å². The Morgan fingerprint density at radius 3 is 2.53 bits per heavy atom. The van der Waals surface area contributed by atoms with Crippen LogP contribution in [0, 0.1) is 6.92 Å². The van der Waals surface area contributed by atoms with E-state index in [1.807, 2.05) is 56.3 Å². The lowest BCUT2D eigenvalue weighted by atomic mass is 10.0. The minimum atomic E-state index is -0.510. The van der Waals surface area contributed by atoms with E-state index >= 15 is 0 Å². The third kappa shape index (κ3) is 3.88. The number of hydrogen-bond acceptors (Lipinski definition) is 3. The zero-order valence-electron chi connectivity index (χ0n) is 11.4. The van der Waals surface area contributed by atoms with Crippen LogP contribution in [-0.2, 0) is 6.54 Å². The molecule has 2 aromatic rings. The van der Waals surface area contributed by atoms with Gasteiger partial charge in [-0.1, -0.05) is 35.9 Å². The summed E-state index contributed by atoms with van der Waals surface area (Å²) in [5, 5.41) is 13.6. The maximum absolute atomic E-state index is 10.3. The number of nitrogens with one attached hydrogen (secondary N) is 1. The molecule has 0 saturated carbocycles. The van der Waals surface area contributed by atoms with Crippen LogP contribution in [0.3, 0.4) is 0 Å². The topological polar surface area (TPSA) is 45.1 Å². The van der Waals surface area contributed by atoms with Crippen molar-refractivity contribution in [2.45, 2.75) is 32.5 Å². The minimum absolute atomic E-state index is 0.0234. The average molecular weight is 256 g/mol. The van der Waals surface area contributed by atoms with Gasteiger partial charge in [0, 0.05) is 18.8 Å². The zero-order valence-corrected chi connectivity index (χ0v) is 11.4. The summed E-state index contributed by atoms with van der Waals surface area (Å²) in [6.45, 7) is 4.68. The van der Waals surface area contributed by atoms with Crippen molar-refractivity contribution in [3.8, 4) is 0 Å². The Bertz CT molecular complexity index is 496. The second kappa shape index (κ2) is 6.45. The third-order valence-corrected chi connectivity index (χ3v) is 3.22. The maximum Gasteiger partial charge on any atom is 0.0940 e. The fourth-order valence-corrected chi connectivity index (χ4v) is 1.93. The molecule has 0 aliphatic carbocycles. The molecule has 2 rings (SSSR count). The van der Waals surface area contributed by atoms with Gasteiger partial charge in [0.25, 0.3) is 0 Å². The van der Waals surface area contributed by atoms with Crippen LogP contribution in [0.1, 0.15) is 29.8 Å². The molecular formula is C16H20N2O. The Kier molecular flexibility index (Phi) is 4.66. The van der Waals surface area contributed by atoms with Crippen LogP contribution < -0.4 is 5.32 Å². The van der Waals surface area contributed by atoms with E-state index in [-0.39, 0.29) is 6.04 Å². The number of aromatic nitrogens is 1. The van der Waals surface area contributed by atoms with E-state index in [2.05, 4.69) is 10.3 Å². The van der Waals surface area contributed by atoms with Gasteiger partial charge in [-0.3, -0.25) is 4.98 Å². The summed E-state index contributed by atoms with van der Waals surface area (Å²) < 4.78 is 0. The molecule has 2 unspecified atom stereocenters. The highest BCUT2D eigenvalue weighted by Crippen LogP contribution is 2.17. The number of hydrogen-bond donors (Lipinski definition) is 2. The smallest absolute Gasteiger partial charge is 0.0940 e. The molecule has 3 heteroatoms. The van der Waals surface area contributed by atoms with E-state index in [1.54, 1.807) is 6.20 Å². The first-order valence-electron chi connectivity index (χ1n) is 6.55. The molecule has 0 spiro atoms. The largest absolute Gasteiger partial charge is 0.387 e. The van der Waals surface area contributed by atoms with Crippen LogP contribution in [0.4, 0.5) is 0 Å².